The van der Waals surface area contributed by atoms with Crippen molar-refractivity contribution in [3.63, 3.8) is 0 Å². The topological polar surface area (TPSA) is 49.8 Å². The maximum absolute atomic E-state index is 10.9. The number of nitrogens with zero attached hydrogens (tertiary/aromatic N) is 1. The van der Waals surface area contributed by atoms with E-state index in [0.717, 1.165) is 12.1 Å². The molecule has 0 aliphatic carbocycles. The van der Waals surface area contributed by atoms with Crippen LogP contribution in [0, 0.1) is 5.92 Å². The van der Waals surface area contributed by atoms with Crippen LogP contribution in [0.1, 0.15) is 29.8 Å². The maximum atomic E-state index is 10.9. The van der Waals surface area contributed by atoms with Gasteiger partial charge < -0.3 is 9.84 Å². The molecule has 1 heterocycles. The Hall–Kier alpha value is -1.55. The van der Waals surface area contributed by atoms with Gasteiger partial charge in [0.25, 0.3) is 0 Å². The fourth-order valence-corrected chi connectivity index (χ4v) is 2.34. The van der Waals surface area contributed by atoms with Crippen molar-refractivity contribution < 1.29 is 14.6 Å². The van der Waals surface area contributed by atoms with Gasteiger partial charge in [0.05, 0.1) is 5.56 Å². The van der Waals surface area contributed by atoms with E-state index < -0.39 is 5.97 Å². The van der Waals surface area contributed by atoms with Crippen molar-refractivity contribution in [2.75, 3.05) is 13.7 Å². The lowest BCUT2D eigenvalue weighted by Crippen LogP contribution is -2.38. The molecule has 98 valence electrons. The molecule has 0 spiro atoms. The van der Waals surface area contributed by atoms with Crippen molar-refractivity contribution in [2.24, 2.45) is 5.92 Å². The summed E-state index contributed by atoms with van der Waals surface area (Å²) in [5, 5.41) is 8.98. The zero-order valence-electron chi connectivity index (χ0n) is 11.0. The summed E-state index contributed by atoms with van der Waals surface area (Å²) in [6.45, 7) is 5.73. The third kappa shape index (κ3) is 2.48. The van der Waals surface area contributed by atoms with Crippen molar-refractivity contribution >= 4 is 5.97 Å². The van der Waals surface area contributed by atoms with Crippen LogP contribution in [-0.2, 0) is 6.54 Å². The molecule has 4 nitrogen and oxygen atoms in total. The second-order valence-corrected chi connectivity index (χ2v) is 5.17. The summed E-state index contributed by atoms with van der Waals surface area (Å²) in [5.74, 6) is 0.285. The molecule has 1 atom stereocenters. The smallest absolute Gasteiger partial charge is 0.335 e. The van der Waals surface area contributed by atoms with Crippen molar-refractivity contribution in [1.82, 2.24) is 4.90 Å². The molecule has 0 amide bonds. The Morgan fingerprint density at radius 2 is 2.22 bits per heavy atom. The van der Waals surface area contributed by atoms with Gasteiger partial charge in [-0.05, 0) is 25.1 Å². The summed E-state index contributed by atoms with van der Waals surface area (Å²) in [4.78, 5) is 13.2. The van der Waals surface area contributed by atoms with Crippen LogP contribution < -0.4 is 4.74 Å². The van der Waals surface area contributed by atoms with E-state index in [1.807, 2.05) is 6.07 Å². The quantitative estimate of drug-likeness (QED) is 0.873. The van der Waals surface area contributed by atoms with E-state index in [1.54, 1.807) is 12.1 Å². The molecule has 0 saturated carbocycles. The molecule has 1 aliphatic rings. The van der Waals surface area contributed by atoms with Gasteiger partial charge in [0.2, 0.25) is 0 Å². The first-order valence-electron chi connectivity index (χ1n) is 6.18. The molecular formula is C14H19NO3. The van der Waals surface area contributed by atoms with Gasteiger partial charge in [-0.3, -0.25) is 4.90 Å². The molecule has 0 bridgehead atoms. The second kappa shape index (κ2) is 4.98. The Balaban J connectivity index is 2.29. The average Bonchev–Trinajstić information content (AvgIpc) is 2.46. The summed E-state index contributed by atoms with van der Waals surface area (Å²) in [6, 6.07) is 5.45. The number of hydrogen-bond donors (Lipinski definition) is 1. The average molecular weight is 249 g/mol. The predicted molar refractivity (Wildman–Crippen MR) is 69.0 cm³/mol. The molecule has 0 aromatic heterocycles. The van der Waals surface area contributed by atoms with Gasteiger partial charge in [0.15, 0.2) is 0 Å². The third-order valence-electron chi connectivity index (χ3n) is 3.48. The first-order chi connectivity index (χ1) is 8.49. The van der Waals surface area contributed by atoms with Crippen LogP contribution in [0.2, 0.25) is 0 Å². The molecule has 1 aromatic rings. The highest BCUT2D eigenvalue weighted by Crippen LogP contribution is 2.27. The molecule has 1 aromatic carbocycles. The van der Waals surface area contributed by atoms with Crippen molar-refractivity contribution in [2.45, 2.75) is 26.4 Å². The number of aromatic carboxylic acids is 1. The minimum atomic E-state index is -0.917. The zero-order valence-corrected chi connectivity index (χ0v) is 11.0. The molecule has 4 heteroatoms. The van der Waals surface area contributed by atoms with E-state index in [-0.39, 0.29) is 5.56 Å². The normalized spacial score (nSPS) is 20.1. The lowest BCUT2D eigenvalue weighted by atomic mass is 10.0. The molecule has 0 radical (unpaired) electrons. The highest BCUT2D eigenvalue weighted by atomic mass is 16.5. The monoisotopic (exact) mass is 249 g/mol. The van der Waals surface area contributed by atoms with Gasteiger partial charge >= 0.3 is 5.97 Å². The largest absolute Gasteiger partial charge is 0.492 e. The highest BCUT2D eigenvalue weighted by molar-refractivity contribution is 5.88. The number of fused-ring (bicyclic) bond motifs is 1. The molecule has 1 N–H and O–H groups in total. The Labute approximate surface area is 107 Å². The number of hydrogen-bond acceptors (Lipinski definition) is 3. The third-order valence-corrected chi connectivity index (χ3v) is 3.48. The Bertz CT molecular complexity index is 456. The molecule has 2 rings (SSSR count). The van der Waals surface area contributed by atoms with Gasteiger partial charge in [-0.15, -0.1) is 0 Å². The number of likely N-dealkylation sites (N-methyl/N-ethyl adjacent to an activating group) is 1. The van der Waals surface area contributed by atoms with Crippen LogP contribution in [-0.4, -0.2) is 35.7 Å². The molecule has 1 unspecified atom stereocenters. The molecular weight excluding hydrogens is 230 g/mol. The van der Waals surface area contributed by atoms with Crippen LogP contribution in [0.25, 0.3) is 0 Å². The summed E-state index contributed by atoms with van der Waals surface area (Å²) in [6.07, 6.45) is 0. The number of ether oxygens (including phenoxy) is 1. The molecule has 18 heavy (non-hydrogen) atoms. The van der Waals surface area contributed by atoms with Gasteiger partial charge in [-0.2, -0.15) is 0 Å². The second-order valence-electron chi connectivity index (χ2n) is 5.17. The van der Waals surface area contributed by atoms with E-state index in [2.05, 4.69) is 25.8 Å². The molecule has 0 saturated heterocycles. The first kappa shape index (κ1) is 12.9. The van der Waals surface area contributed by atoms with E-state index >= 15 is 0 Å². The summed E-state index contributed by atoms with van der Waals surface area (Å²) in [5.41, 5.74) is 1.32. The zero-order chi connectivity index (χ0) is 13.3. The predicted octanol–water partition coefficient (Wildman–Crippen LogP) is 2.23. The number of carbonyl (C=O) groups is 1. The van der Waals surface area contributed by atoms with E-state index in [9.17, 15) is 4.79 Å². The van der Waals surface area contributed by atoms with E-state index in [4.69, 9.17) is 9.84 Å². The number of carboxylic acids is 1. The van der Waals surface area contributed by atoms with Crippen molar-refractivity contribution in [3.8, 4) is 5.75 Å². The lowest BCUT2D eigenvalue weighted by molar-refractivity contribution is 0.0696. The summed E-state index contributed by atoms with van der Waals surface area (Å²) < 4.78 is 5.78. The van der Waals surface area contributed by atoms with Gasteiger partial charge in [0.1, 0.15) is 12.4 Å². The van der Waals surface area contributed by atoms with Gasteiger partial charge in [0, 0.05) is 18.2 Å². The Kier molecular flexibility index (Phi) is 3.57. The number of carboxylic acid groups (broad SMARTS) is 1. The minimum Gasteiger partial charge on any atom is -0.492 e. The van der Waals surface area contributed by atoms with Crippen LogP contribution >= 0.6 is 0 Å². The Morgan fingerprint density at radius 1 is 1.50 bits per heavy atom. The number of rotatable bonds is 2. The van der Waals surface area contributed by atoms with Crippen LogP contribution in [0.4, 0.5) is 0 Å². The summed E-state index contributed by atoms with van der Waals surface area (Å²) >= 11 is 0. The molecule has 0 fully saturated rings. The van der Waals surface area contributed by atoms with Crippen LogP contribution in [0.15, 0.2) is 18.2 Å². The van der Waals surface area contributed by atoms with E-state index in [1.165, 1.54) is 0 Å². The molecule has 1 aliphatic heterocycles. The van der Waals surface area contributed by atoms with Gasteiger partial charge in [-0.25, -0.2) is 4.79 Å². The van der Waals surface area contributed by atoms with Crippen LogP contribution in [0.5, 0.6) is 5.75 Å². The Morgan fingerprint density at radius 3 is 2.83 bits per heavy atom. The fourth-order valence-electron chi connectivity index (χ4n) is 2.34. The standard InChI is InChI=1S/C14H19NO3/c1-9(2)12-8-18-13-6-10(14(16)17)4-5-11(13)7-15(12)3/h4-6,9,12H,7-8H2,1-3H3,(H,16,17). The summed E-state index contributed by atoms with van der Waals surface area (Å²) in [7, 11) is 2.08. The number of benzene rings is 1. The minimum absolute atomic E-state index is 0.277. The van der Waals surface area contributed by atoms with Crippen LogP contribution in [0.3, 0.4) is 0 Å². The lowest BCUT2D eigenvalue weighted by Gasteiger charge is -2.27. The highest BCUT2D eigenvalue weighted by Gasteiger charge is 2.24. The van der Waals surface area contributed by atoms with Crippen molar-refractivity contribution in [1.29, 1.82) is 0 Å². The van der Waals surface area contributed by atoms with Crippen molar-refractivity contribution in [3.05, 3.63) is 29.3 Å². The first-order valence-corrected chi connectivity index (χ1v) is 6.18. The van der Waals surface area contributed by atoms with Gasteiger partial charge in [-0.1, -0.05) is 19.9 Å². The maximum Gasteiger partial charge on any atom is 0.335 e. The van der Waals surface area contributed by atoms with E-state index in [0.29, 0.717) is 24.3 Å². The fraction of sp³-hybridized carbons (Fsp3) is 0.500. The SMILES string of the molecule is CC(C)C1COc2cc(C(=O)O)ccc2CN1C.